The minimum atomic E-state index is -4.12. The molecule has 1 unspecified atom stereocenters. The molecule has 35 heavy (non-hydrogen) atoms. The van der Waals surface area contributed by atoms with Gasteiger partial charge in [0.15, 0.2) is 0 Å². The first-order chi connectivity index (χ1) is 16.9. The molecule has 0 spiro atoms. The van der Waals surface area contributed by atoms with Crippen LogP contribution in [0.3, 0.4) is 0 Å². The van der Waals surface area contributed by atoms with Gasteiger partial charge in [-0.1, -0.05) is 0 Å². The molecule has 0 bridgehead atoms. The van der Waals surface area contributed by atoms with Gasteiger partial charge in [0, 0.05) is 26.0 Å². The van der Waals surface area contributed by atoms with E-state index in [0.29, 0.717) is 50.2 Å². The number of benzene rings is 1. The summed E-state index contributed by atoms with van der Waals surface area (Å²) < 4.78 is 44.9. The lowest BCUT2D eigenvalue weighted by Gasteiger charge is -2.38. The minimum Gasteiger partial charge on any atom is -0.497 e. The molecule has 1 saturated carbocycles. The van der Waals surface area contributed by atoms with Crippen LogP contribution >= 0.6 is 0 Å². The summed E-state index contributed by atoms with van der Waals surface area (Å²) in [5.41, 5.74) is 2.37. The predicted molar refractivity (Wildman–Crippen MR) is 127 cm³/mol. The summed E-state index contributed by atoms with van der Waals surface area (Å²) in [5, 5.41) is 9.56. The lowest BCUT2D eigenvalue weighted by Crippen LogP contribution is -2.53. The van der Waals surface area contributed by atoms with Crippen LogP contribution in [-0.4, -0.2) is 68.4 Å². The Morgan fingerprint density at radius 1 is 1.09 bits per heavy atom. The summed E-state index contributed by atoms with van der Waals surface area (Å²) in [5.74, 6) is -0.555. The number of amides is 1. The highest BCUT2D eigenvalue weighted by Gasteiger charge is 2.42. The fourth-order valence-corrected chi connectivity index (χ4v) is 6.04. The molecule has 1 amide bonds. The summed E-state index contributed by atoms with van der Waals surface area (Å²) in [6.45, 7) is 0.918. The van der Waals surface area contributed by atoms with E-state index in [0.717, 1.165) is 0 Å². The normalized spacial score (nSPS) is 19.3. The Bertz CT molecular complexity index is 1030. The van der Waals surface area contributed by atoms with Gasteiger partial charge in [-0.05, 0) is 73.6 Å². The van der Waals surface area contributed by atoms with Crippen molar-refractivity contribution in [2.75, 3.05) is 27.4 Å². The summed E-state index contributed by atoms with van der Waals surface area (Å²) in [7, 11) is -1.02. The van der Waals surface area contributed by atoms with Crippen LogP contribution in [0.1, 0.15) is 31.2 Å². The number of pyridine rings is 1. The number of carbonyl (C=O) groups excluding carboxylic acids is 1. The van der Waals surface area contributed by atoms with Crippen LogP contribution in [0.15, 0.2) is 53.7 Å². The maximum atomic E-state index is 13.8. The summed E-state index contributed by atoms with van der Waals surface area (Å²) in [6, 6.07) is 8.29. The lowest BCUT2D eigenvalue weighted by molar-refractivity contribution is -0.136. The number of carbonyl (C=O) groups is 1. The predicted octanol–water partition coefficient (Wildman–Crippen LogP) is 2.38. The molecule has 0 saturated heterocycles. The Morgan fingerprint density at radius 3 is 2.31 bits per heavy atom. The number of hydroxylamine groups is 1. The topological polar surface area (TPSA) is 127 Å². The Balaban J connectivity index is 1.92. The third kappa shape index (κ3) is 6.98. The van der Waals surface area contributed by atoms with Gasteiger partial charge in [-0.2, -0.15) is 4.31 Å². The first-order valence-electron chi connectivity index (χ1n) is 11.5. The molecular formula is C24H33N3O7S. The molecule has 1 fully saturated rings. The molecule has 1 aliphatic carbocycles. The molecule has 11 heteroatoms. The van der Waals surface area contributed by atoms with Crippen molar-refractivity contribution >= 4 is 15.9 Å². The summed E-state index contributed by atoms with van der Waals surface area (Å²) in [4.78, 5) is 17.0. The molecule has 0 aliphatic heterocycles. The second kappa shape index (κ2) is 12.9. The molecule has 1 atom stereocenters. The molecule has 1 aromatic heterocycles. The average molecular weight is 508 g/mol. The Labute approximate surface area is 206 Å². The zero-order valence-corrected chi connectivity index (χ0v) is 20.8. The number of sulfonamides is 1. The molecular weight excluding hydrogens is 474 g/mol. The highest BCUT2D eigenvalue weighted by Crippen LogP contribution is 2.34. The quantitative estimate of drug-likeness (QED) is 0.255. The van der Waals surface area contributed by atoms with E-state index in [4.69, 9.17) is 14.2 Å². The SMILES string of the molecule is COCCOC1CCC(C(C(=O)NO)N(Cc2ccncc2)S(=O)(=O)c2ccc(OC)cc2)CC1. The number of methoxy groups -OCH3 is 2. The lowest BCUT2D eigenvalue weighted by atomic mass is 9.82. The maximum Gasteiger partial charge on any atom is 0.262 e. The Hall–Kier alpha value is -2.57. The van der Waals surface area contributed by atoms with E-state index < -0.39 is 22.0 Å². The van der Waals surface area contributed by atoms with E-state index in [-0.39, 0.29) is 23.5 Å². The number of ether oxygens (including phenoxy) is 3. The monoisotopic (exact) mass is 507 g/mol. The molecule has 2 N–H and O–H groups in total. The molecule has 10 nitrogen and oxygen atoms in total. The molecule has 192 valence electrons. The molecule has 3 rings (SSSR count). The minimum absolute atomic E-state index is 0.0195. The van der Waals surface area contributed by atoms with Gasteiger partial charge in [-0.3, -0.25) is 15.0 Å². The number of rotatable bonds is 12. The number of nitrogens with one attached hydrogen (secondary N) is 1. The van der Waals surface area contributed by atoms with Gasteiger partial charge in [0.05, 0.1) is 31.3 Å². The van der Waals surface area contributed by atoms with Crippen LogP contribution in [0.5, 0.6) is 5.75 Å². The van der Waals surface area contributed by atoms with Gasteiger partial charge in [0.2, 0.25) is 10.0 Å². The highest BCUT2D eigenvalue weighted by molar-refractivity contribution is 7.89. The van der Waals surface area contributed by atoms with Crippen molar-refractivity contribution in [1.29, 1.82) is 0 Å². The van der Waals surface area contributed by atoms with Crippen molar-refractivity contribution in [1.82, 2.24) is 14.8 Å². The number of nitrogens with zero attached hydrogens (tertiary/aromatic N) is 2. The third-order valence-electron chi connectivity index (χ3n) is 6.25. The molecule has 1 aromatic carbocycles. The van der Waals surface area contributed by atoms with Crippen molar-refractivity contribution in [3.8, 4) is 5.75 Å². The second-order valence-corrected chi connectivity index (χ2v) is 10.3. The zero-order chi connectivity index (χ0) is 25.3. The summed E-state index contributed by atoms with van der Waals surface area (Å²) in [6.07, 6.45) is 5.64. The number of hydrogen-bond acceptors (Lipinski definition) is 8. The van der Waals surface area contributed by atoms with E-state index >= 15 is 0 Å². The van der Waals surface area contributed by atoms with Crippen molar-refractivity contribution < 1.29 is 32.6 Å². The van der Waals surface area contributed by atoms with Gasteiger partial charge < -0.3 is 14.2 Å². The van der Waals surface area contributed by atoms with Crippen LogP contribution in [0.2, 0.25) is 0 Å². The van der Waals surface area contributed by atoms with E-state index in [1.54, 1.807) is 49.2 Å². The van der Waals surface area contributed by atoms with Gasteiger partial charge in [-0.15, -0.1) is 0 Å². The molecule has 1 heterocycles. The largest absolute Gasteiger partial charge is 0.497 e. The van der Waals surface area contributed by atoms with E-state index in [9.17, 15) is 18.4 Å². The van der Waals surface area contributed by atoms with E-state index in [2.05, 4.69) is 4.98 Å². The van der Waals surface area contributed by atoms with Crippen LogP contribution in [0.25, 0.3) is 0 Å². The zero-order valence-electron chi connectivity index (χ0n) is 20.0. The molecule has 1 aliphatic rings. The molecule has 2 aromatic rings. The fraction of sp³-hybridized carbons (Fsp3) is 0.500. The van der Waals surface area contributed by atoms with Gasteiger partial charge in [0.1, 0.15) is 11.8 Å². The smallest absolute Gasteiger partial charge is 0.262 e. The Kier molecular flexibility index (Phi) is 9.99. The standard InChI is InChI=1S/C24H33N3O7S/c1-32-15-16-34-21-5-3-19(4-6-21)23(24(28)26-29)27(17-18-11-13-25-14-12-18)35(30,31)22-9-7-20(33-2)8-10-22/h7-14,19,21,23,29H,3-6,15-17H2,1-2H3,(H,26,28). The van der Waals surface area contributed by atoms with Gasteiger partial charge >= 0.3 is 0 Å². The van der Waals surface area contributed by atoms with Crippen molar-refractivity contribution in [2.24, 2.45) is 5.92 Å². The number of hydrogen-bond donors (Lipinski definition) is 2. The Morgan fingerprint density at radius 2 is 1.74 bits per heavy atom. The van der Waals surface area contributed by atoms with E-state index in [1.165, 1.54) is 23.5 Å². The highest BCUT2D eigenvalue weighted by atomic mass is 32.2. The van der Waals surface area contributed by atoms with Crippen LogP contribution in [0, 0.1) is 5.92 Å². The maximum absolute atomic E-state index is 13.8. The van der Waals surface area contributed by atoms with Crippen molar-refractivity contribution in [2.45, 2.75) is 49.3 Å². The van der Waals surface area contributed by atoms with Crippen LogP contribution in [0.4, 0.5) is 0 Å². The first kappa shape index (κ1) is 27.0. The average Bonchev–Trinajstić information content (AvgIpc) is 2.89. The fourth-order valence-electron chi connectivity index (χ4n) is 4.40. The van der Waals surface area contributed by atoms with Gasteiger partial charge in [0.25, 0.3) is 5.91 Å². The molecule has 0 radical (unpaired) electrons. The van der Waals surface area contributed by atoms with Gasteiger partial charge in [-0.25, -0.2) is 13.9 Å². The first-order valence-corrected chi connectivity index (χ1v) is 12.9. The van der Waals surface area contributed by atoms with E-state index in [1.807, 2.05) is 0 Å². The van der Waals surface area contributed by atoms with Crippen LogP contribution < -0.4 is 10.2 Å². The number of aromatic nitrogens is 1. The third-order valence-corrected chi connectivity index (χ3v) is 8.09. The van der Waals surface area contributed by atoms with Crippen molar-refractivity contribution in [3.63, 3.8) is 0 Å². The second-order valence-electron chi connectivity index (χ2n) is 8.40. The van der Waals surface area contributed by atoms with Crippen molar-refractivity contribution in [3.05, 3.63) is 54.4 Å². The van der Waals surface area contributed by atoms with Crippen LogP contribution in [-0.2, 0) is 30.8 Å². The summed E-state index contributed by atoms with van der Waals surface area (Å²) >= 11 is 0.